The number of hydrogen-bond donors (Lipinski definition) is 1. The van der Waals surface area contributed by atoms with Crippen LogP contribution in [0.3, 0.4) is 0 Å². The first kappa shape index (κ1) is 13.1. The van der Waals surface area contributed by atoms with Gasteiger partial charge in [-0.15, -0.1) is 0 Å². The highest BCUT2D eigenvalue weighted by atomic mass is 79.9. The Morgan fingerprint density at radius 2 is 2.18 bits per heavy atom. The fourth-order valence-electron chi connectivity index (χ4n) is 2.07. The van der Waals surface area contributed by atoms with Crippen LogP contribution in [-0.2, 0) is 11.3 Å². The molecule has 17 heavy (non-hydrogen) atoms. The Balaban J connectivity index is 1.98. The van der Waals surface area contributed by atoms with Crippen molar-refractivity contribution in [3.05, 3.63) is 32.7 Å². The number of carbonyl (C=O) groups is 1. The second-order valence-electron chi connectivity index (χ2n) is 4.31. The van der Waals surface area contributed by atoms with Gasteiger partial charge in [-0.25, -0.2) is 0 Å². The number of carboxylic acid groups (broad SMARTS) is 1. The van der Waals surface area contributed by atoms with E-state index in [1.54, 1.807) is 0 Å². The normalized spacial score (nSPS) is 20.7. The lowest BCUT2D eigenvalue weighted by atomic mass is 10.1. The molecule has 1 aliphatic heterocycles. The van der Waals surface area contributed by atoms with Crippen molar-refractivity contribution in [3.8, 4) is 0 Å². The number of benzene rings is 1. The zero-order valence-corrected chi connectivity index (χ0v) is 12.4. The zero-order chi connectivity index (χ0) is 12.4. The molecule has 0 bridgehead atoms. The molecule has 1 N–H and O–H groups in total. The van der Waals surface area contributed by atoms with Crippen LogP contribution in [0.4, 0.5) is 0 Å². The summed E-state index contributed by atoms with van der Waals surface area (Å²) in [5.41, 5.74) is 1.20. The van der Waals surface area contributed by atoms with Crippen LogP contribution in [0.2, 0.25) is 0 Å². The zero-order valence-electron chi connectivity index (χ0n) is 9.20. The molecule has 1 aromatic rings. The van der Waals surface area contributed by atoms with Crippen molar-refractivity contribution in [1.29, 1.82) is 0 Å². The topological polar surface area (TPSA) is 40.5 Å². The van der Waals surface area contributed by atoms with Crippen LogP contribution in [0.25, 0.3) is 0 Å². The van der Waals surface area contributed by atoms with E-state index in [4.69, 9.17) is 5.11 Å². The van der Waals surface area contributed by atoms with E-state index in [9.17, 15) is 4.79 Å². The molecule has 1 aliphatic rings. The van der Waals surface area contributed by atoms with Gasteiger partial charge < -0.3 is 5.11 Å². The van der Waals surface area contributed by atoms with Gasteiger partial charge in [0.2, 0.25) is 0 Å². The molecule has 1 atom stereocenters. The number of likely N-dealkylation sites (tertiary alicyclic amines) is 1. The first-order chi connectivity index (χ1) is 8.06. The average molecular weight is 363 g/mol. The highest BCUT2D eigenvalue weighted by Crippen LogP contribution is 2.25. The molecule has 2 rings (SSSR count). The van der Waals surface area contributed by atoms with Crippen molar-refractivity contribution in [2.24, 2.45) is 5.92 Å². The highest BCUT2D eigenvalue weighted by molar-refractivity contribution is 9.13. The van der Waals surface area contributed by atoms with Crippen molar-refractivity contribution in [2.75, 3.05) is 13.1 Å². The molecule has 0 radical (unpaired) electrons. The van der Waals surface area contributed by atoms with Crippen LogP contribution >= 0.6 is 31.9 Å². The first-order valence-electron chi connectivity index (χ1n) is 5.45. The van der Waals surface area contributed by atoms with Crippen LogP contribution in [0.5, 0.6) is 0 Å². The quantitative estimate of drug-likeness (QED) is 0.898. The average Bonchev–Trinajstić information content (AvgIpc) is 2.72. The van der Waals surface area contributed by atoms with Crippen LogP contribution in [0, 0.1) is 5.92 Å². The molecule has 0 spiro atoms. The van der Waals surface area contributed by atoms with E-state index in [2.05, 4.69) is 48.9 Å². The summed E-state index contributed by atoms with van der Waals surface area (Å²) in [6.45, 7) is 2.34. The van der Waals surface area contributed by atoms with Gasteiger partial charge in [0, 0.05) is 22.0 Å². The highest BCUT2D eigenvalue weighted by Gasteiger charge is 2.27. The van der Waals surface area contributed by atoms with Gasteiger partial charge in [0.05, 0.1) is 5.92 Å². The van der Waals surface area contributed by atoms with E-state index in [-0.39, 0.29) is 5.92 Å². The van der Waals surface area contributed by atoms with Crippen LogP contribution in [0.15, 0.2) is 27.1 Å². The Kier molecular flexibility index (Phi) is 4.22. The van der Waals surface area contributed by atoms with E-state index in [0.717, 1.165) is 28.5 Å². The largest absolute Gasteiger partial charge is 0.481 e. The van der Waals surface area contributed by atoms with Crippen molar-refractivity contribution in [3.63, 3.8) is 0 Å². The molecule has 0 amide bonds. The Hall–Kier alpha value is -0.390. The molecule has 1 saturated heterocycles. The maximum atomic E-state index is 10.9. The molecule has 0 aromatic heterocycles. The van der Waals surface area contributed by atoms with Gasteiger partial charge in [0.1, 0.15) is 0 Å². The van der Waals surface area contributed by atoms with E-state index in [1.165, 1.54) is 5.56 Å². The summed E-state index contributed by atoms with van der Waals surface area (Å²) in [6, 6.07) is 6.13. The van der Waals surface area contributed by atoms with Gasteiger partial charge in [-0.3, -0.25) is 9.69 Å². The fourth-order valence-corrected chi connectivity index (χ4v) is 2.75. The fraction of sp³-hybridized carbons (Fsp3) is 0.417. The van der Waals surface area contributed by atoms with Gasteiger partial charge in [-0.05, 0) is 62.5 Å². The minimum atomic E-state index is -0.676. The smallest absolute Gasteiger partial charge is 0.307 e. The van der Waals surface area contributed by atoms with Crippen molar-refractivity contribution in [2.45, 2.75) is 13.0 Å². The molecule has 0 saturated carbocycles. The third kappa shape index (κ3) is 3.30. The van der Waals surface area contributed by atoms with Crippen LogP contribution in [0.1, 0.15) is 12.0 Å². The number of aliphatic carboxylic acids is 1. The molecular weight excluding hydrogens is 350 g/mol. The Labute approximate surface area is 117 Å². The summed E-state index contributed by atoms with van der Waals surface area (Å²) >= 11 is 6.90. The third-order valence-corrected chi connectivity index (χ3v) is 4.89. The second-order valence-corrected chi connectivity index (χ2v) is 6.02. The van der Waals surface area contributed by atoms with Gasteiger partial charge in [0.25, 0.3) is 0 Å². The maximum absolute atomic E-state index is 10.9. The van der Waals surface area contributed by atoms with E-state index < -0.39 is 5.97 Å². The van der Waals surface area contributed by atoms with Gasteiger partial charge in [-0.1, -0.05) is 6.07 Å². The molecule has 1 fully saturated rings. The summed E-state index contributed by atoms with van der Waals surface area (Å²) in [5, 5.41) is 8.94. The molecule has 0 aliphatic carbocycles. The third-order valence-electron chi connectivity index (χ3n) is 3.01. The summed E-state index contributed by atoms with van der Waals surface area (Å²) in [6.07, 6.45) is 0.757. The van der Waals surface area contributed by atoms with Crippen molar-refractivity contribution in [1.82, 2.24) is 4.90 Å². The SMILES string of the molecule is O=C(O)C1CCN(Cc2ccc(Br)c(Br)c2)C1. The predicted octanol–water partition coefficient (Wildman–Crippen LogP) is 3.12. The number of nitrogens with zero attached hydrogens (tertiary/aromatic N) is 1. The molecule has 1 aromatic carbocycles. The number of rotatable bonds is 3. The number of carboxylic acids is 1. The maximum Gasteiger partial charge on any atom is 0.307 e. The predicted molar refractivity (Wildman–Crippen MR) is 72.9 cm³/mol. The summed E-state index contributed by atoms with van der Waals surface area (Å²) < 4.78 is 2.06. The minimum Gasteiger partial charge on any atom is -0.481 e. The lowest BCUT2D eigenvalue weighted by Crippen LogP contribution is -2.22. The van der Waals surface area contributed by atoms with Crippen LogP contribution in [-0.4, -0.2) is 29.1 Å². The lowest BCUT2D eigenvalue weighted by Gasteiger charge is -2.15. The molecule has 1 heterocycles. The molecule has 3 nitrogen and oxygen atoms in total. The Morgan fingerprint density at radius 3 is 2.76 bits per heavy atom. The molecule has 1 unspecified atom stereocenters. The van der Waals surface area contributed by atoms with Crippen molar-refractivity contribution >= 4 is 37.8 Å². The second kappa shape index (κ2) is 5.50. The monoisotopic (exact) mass is 361 g/mol. The van der Waals surface area contributed by atoms with E-state index in [0.29, 0.717) is 6.54 Å². The molecular formula is C12H13Br2NO2. The number of hydrogen-bond acceptors (Lipinski definition) is 2. The Bertz CT molecular complexity index is 437. The Morgan fingerprint density at radius 1 is 1.41 bits per heavy atom. The van der Waals surface area contributed by atoms with E-state index >= 15 is 0 Å². The standard InChI is InChI=1S/C12H13Br2NO2/c13-10-2-1-8(5-11(10)14)6-15-4-3-9(7-15)12(16)17/h1-2,5,9H,3-4,6-7H2,(H,16,17). The minimum absolute atomic E-state index is 0.200. The molecule has 92 valence electrons. The van der Waals surface area contributed by atoms with E-state index in [1.807, 2.05) is 6.07 Å². The summed E-state index contributed by atoms with van der Waals surface area (Å²) in [5.74, 6) is -0.877. The van der Waals surface area contributed by atoms with Crippen molar-refractivity contribution < 1.29 is 9.90 Å². The first-order valence-corrected chi connectivity index (χ1v) is 7.04. The molecule has 5 heteroatoms. The van der Waals surface area contributed by atoms with Gasteiger partial charge >= 0.3 is 5.97 Å². The summed E-state index contributed by atoms with van der Waals surface area (Å²) in [7, 11) is 0. The van der Waals surface area contributed by atoms with Gasteiger partial charge in [0.15, 0.2) is 0 Å². The lowest BCUT2D eigenvalue weighted by molar-refractivity contribution is -0.141. The number of halogens is 2. The summed E-state index contributed by atoms with van der Waals surface area (Å²) in [4.78, 5) is 13.0. The van der Waals surface area contributed by atoms with Crippen LogP contribution < -0.4 is 0 Å². The van der Waals surface area contributed by atoms with Gasteiger partial charge in [-0.2, -0.15) is 0 Å².